The summed E-state index contributed by atoms with van der Waals surface area (Å²) in [6.45, 7) is 8.16. The molecule has 0 bridgehead atoms. The quantitative estimate of drug-likeness (QED) is 0.729. The minimum absolute atomic E-state index is 0.0688. The molecule has 0 atom stereocenters. The van der Waals surface area contributed by atoms with Crippen molar-refractivity contribution in [2.45, 2.75) is 52.2 Å². The minimum Gasteiger partial charge on any atom is -0.444 e. The summed E-state index contributed by atoms with van der Waals surface area (Å²) in [6, 6.07) is 6.04. The molecular weight excluding hydrogens is 361 g/mol. The van der Waals surface area contributed by atoms with E-state index in [4.69, 9.17) is 4.74 Å². The number of nitrogens with zero attached hydrogens (tertiary/aromatic N) is 3. The zero-order valence-corrected chi connectivity index (χ0v) is 16.7. The summed E-state index contributed by atoms with van der Waals surface area (Å²) in [5.41, 5.74) is 1.25. The molecule has 1 aliphatic heterocycles. The molecule has 2 aromatic rings. The van der Waals surface area contributed by atoms with Crippen molar-refractivity contribution < 1.29 is 18.7 Å². The zero-order chi connectivity index (χ0) is 20.5. The second kappa shape index (κ2) is 7.73. The van der Waals surface area contributed by atoms with Crippen molar-refractivity contribution in [3.05, 3.63) is 42.1 Å². The lowest BCUT2D eigenvalue weighted by Crippen LogP contribution is -2.42. The van der Waals surface area contributed by atoms with Gasteiger partial charge in [0.1, 0.15) is 17.1 Å². The number of rotatable bonds is 3. The number of imidazole rings is 1. The third kappa shape index (κ3) is 4.40. The molecule has 6 nitrogen and oxygen atoms in total. The Morgan fingerprint density at radius 1 is 1.14 bits per heavy atom. The minimum atomic E-state index is -0.524. The van der Waals surface area contributed by atoms with Gasteiger partial charge < -0.3 is 14.2 Å². The molecule has 1 amide bonds. The lowest BCUT2D eigenvalue weighted by molar-refractivity contribution is 0.0187. The largest absolute Gasteiger partial charge is 0.444 e. The first-order chi connectivity index (χ1) is 13.2. The van der Waals surface area contributed by atoms with E-state index in [1.165, 1.54) is 19.1 Å². The number of amides is 1. The normalized spacial score (nSPS) is 15.5. The van der Waals surface area contributed by atoms with Crippen LogP contribution in [0.2, 0.25) is 0 Å². The smallest absolute Gasteiger partial charge is 0.410 e. The van der Waals surface area contributed by atoms with Crippen LogP contribution >= 0.6 is 0 Å². The van der Waals surface area contributed by atoms with Gasteiger partial charge in [-0.2, -0.15) is 0 Å². The Kier molecular flexibility index (Phi) is 5.54. The Morgan fingerprint density at radius 3 is 2.29 bits per heavy atom. The summed E-state index contributed by atoms with van der Waals surface area (Å²) >= 11 is 0. The predicted octanol–water partition coefficient (Wildman–Crippen LogP) is 4.46. The highest BCUT2D eigenvalue weighted by Gasteiger charge is 2.29. The van der Waals surface area contributed by atoms with Crippen LogP contribution in [0.3, 0.4) is 0 Å². The summed E-state index contributed by atoms with van der Waals surface area (Å²) in [6.07, 6.45) is 2.77. The topological polar surface area (TPSA) is 64.4 Å². The van der Waals surface area contributed by atoms with Crippen LogP contribution < -0.4 is 0 Å². The SMILES string of the molecule is CC(=O)c1c(-c2ccc(F)cc2)ncn1C1CCN(C(=O)OC(C)(C)C)CC1. The lowest BCUT2D eigenvalue weighted by Gasteiger charge is -2.34. The number of halogens is 1. The average Bonchev–Trinajstić information content (AvgIpc) is 3.06. The van der Waals surface area contributed by atoms with Crippen molar-refractivity contribution in [1.82, 2.24) is 14.5 Å². The zero-order valence-electron chi connectivity index (χ0n) is 16.7. The van der Waals surface area contributed by atoms with E-state index in [1.807, 2.05) is 25.3 Å². The van der Waals surface area contributed by atoms with Gasteiger partial charge in [0.15, 0.2) is 5.78 Å². The second-order valence-corrected chi connectivity index (χ2v) is 8.11. The fourth-order valence-corrected chi connectivity index (χ4v) is 3.46. The number of ketones is 1. The molecule has 1 aromatic heterocycles. The molecule has 2 heterocycles. The monoisotopic (exact) mass is 387 g/mol. The van der Waals surface area contributed by atoms with Gasteiger partial charge in [-0.05, 0) is 57.9 Å². The van der Waals surface area contributed by atoms with Gasteiger partial charge in [0.05, 0.1) is 12.0 Å². The average molecular weight is 387 g/mol. The Hall–Kier alpha value is -2.70. The van der Waals surface area contributed by atoms with Gasteiger partial charge in [0.25, 0.3) is 0 Å². The fourth-order valence-electron chi connectivity index (χ4n) is 3.46. The molecule has 1 fully saturated rings. The van der Waals surface area contributed by atoms with E-state index in [-0.39, 0.29) is 23.7 Å². The van der Waals surface area contributed by atoms with Crippen LogP contribution in [0.25, 0.3) is 11.3 Å². The van der Waals surface area contributed by atoms with E-state index in [2.05, 4.69) is 4.98 Å². The Balaban J connectivity index is 1.77. The molecule has 0 spiro atoms. The lowest BCUT2D eigenvalue weighted by atomic mass is 10.0. The van der Waals surface area contributed by atoms with E-state index in [1.54, 1.807) is 23.4 Å². The van der Waals surface area contributed by atoms with Crippen molar-refractivity contribution in [3.8, 4) is 11.3 Å². The number of carbonyl (C=O) groups is 2. The van der Waals surface area contributed by atoms with E-state index in [9.17, 15) is 14.0 Å². The molecule has 0 unspecified atom stereocenters. The highest BCUT2D eigenvalue weighted by molar-refractivity contribution is 5.98. The van der Waals surface area contributed by atoms with Crippen LogP contribution in [0.4, 0.5) is 9.18 Å². The van der Waals surface area contributed by atoms with Crippen LogP contribution in [0.1, 0.15) is 57.1 Å². The number of hydrogen-bond acceptors (Lipinski definition) is 4. The first-order valence-corrected chi connectivity index (χ1v) is 9.47. The number of benzene rings is 1. The van der Waals surface area contributed by atoms with Crippen LogP contribution in [0.5, 0.6) is 0 Å². The van der Waals surface area contributed by atoms with Gasteiger partial charge in [-0.25, -0.2) is 14.2 Å². The maximum Gasteiger partial charge on any atom is 0.410 e. The van der Waals surface area contributed by atoms with E-state index < -0.39 is 5.60 Å². The van der Waals surface area contributed by atoms with Gasteiger partial charge in [0.2, 0.25) is 0 Å². The third-order valence-electron chi connectivity index (χ3n) is 4.75. The van der Waals surface area contributed by atoms with Gasteiger partial charge in [0, 0.05) is 31.6 Å². The summed E-state index contributed by atoms with van der Waals surface area (Å²) in [4.78, 5) is 30.7. The van der Waals surface area contributed by atoms with Gasteiger partial charge in [-0.3, -0.25) is 4.79 Å². The van der Waals surface area contributed by atoms with Crippen molar-refractivity contribution in [2.75, 3.05) is 13.1 Å². The van der Waals surface area contributed by atoms with Crippen molar-refractivity contribution in [3.63, 3.8) is 0 Å². The number of piperidine rings is 1. The fraction of sp³-hybridized carbons (Fsp3) is 0.476. The maximum absolute atomic E-state index is 13.2. The van der Waals surface area contributed by atoms with Crippen molar-refractivity contribution in [2.24, 2.45) is 0 Å². The van der Waals surface area contributed by atoms with Gasteiger partial charge in [-0.1, -0.05) is 0 Å². The number of likely N-dealkylation sites (tertiary alicyclic amines) is 1. The Labute approximate surface area is 164 Å². The van der Waals surface area contributed by atoms with E-state index >= 15 is 0 Å². The maximum atomic E-state index is 13.2. The molecule has 1 aliphatic rings. The van der Waals surface area contributed by atoms with Gasteiger partial charge in [-0.15, -0.1) is 0 Å². The second-order valence-electron chi connectivity index (χ2n) is 8.11. The highest BCUT2D eigenvalue weighted by atomic mass is 19.1. The summed E-state index contributed by atoms with van der Waals surface area (Å²) in [5.74, 6) is -0.423. The summed E-state index contributed by atoms with van der Waals surface area (Å²) < 4.78 is 20.6. The Morgan fingerprint density at radius 2 is 1.75 bits per heavy atom. The number of carbonyl (C=O) groups excluding carboxylic acids is 2. The first-order valence-electron chi connectivity index (χ1n) is 9.47. The summed E-state index contributed by atoms with van der Waals surface area (Å²) in [5, 5.41) is 0. The molecule has 0 saturated carbocycles. The number of ether oxygens (including phenoxy) is 1. The first kappa shape index (κ1) is 20.0. The molecule has 0 aliphatic carbocycles. The molecule has 0 radical (unpaired) electrons. The predicted molar refractivity (Wildman–Crippen MR) is 104 cm³/mol. The molecule has 7 heteroatoms. The summed E-state index contributed by atoms with van der Waals surface area (Å²) in [7, 11) is 0. The standard InChI is InChI=1S/C21H26FN3O3/c1-14(26)19-18(15-5-7-16(22)8-6-15)23-13-25(19)17-9-11-24(12-10-17)20(27)28-21(2,3)4/h5-8,13,17H,9-12H2,1-4H3. The molecule has 150 valence electrons. The van der Waals surface area contributed by atoms with Crippen LogP contribution in [0.15, 0.2) is 30.6 Å². The number of hydrogen-bond donors (Lipinski definition) is 0. The number of Topliss-reactive ketones (excluding diaryl/α,β-unsaturated/α-hetero) is 1. The van der Waals surface area contributed by atoms with Crippen LogP contribution in [-0.4, -0.2) is 45.0 Å². The highest BCUT2D eigenvalue weighted by Crippen LogP contribution is 2.30. The molecule has 1 saturated heterocycles. The van der Waals surface area contributed by atoms with Crippen LogP contribution in [0, 0.1) is 5.82 Å². The Bertz CT molecular complexity index is 860. The molecular formula is C21H26FN3O3. The number of aromatic nitrogens is 2. The van der Waals surface area contributed by atoms with Crippen molar-refractivity contribution in [1.29, 1.82) is 0 Å². The van der Waals surface area contributed by atoms with Gasteiger partial charge >= 0.3 is 6.09 Å². The molecule has 3 rings (SSSR count). The molecule has 28 heavy (non-hydrogen) atoms. The van der Waals surface area contributed by atoms with Crippen LogP contribution in [-0.2, 0) is 4.74 Å². The van der Waals surface area contributed by atoms with E-state index in [0.717, 1.165) is 0 Å². The molecule has 0 N–H and O–H groups in total. The van der Waals surface area contributed by atoms with Crippen molar-refractivity contribution >= 4 is 11.9 Å². The third-order valence-corrected chi connectivity index (χ3v) is 4.75. The molecule has 1 aromatic carbocycles. The van der Waals surface area contributed by atoms with E-state index in [0.29, 0.717) is 42.9 Å².